The molecule has 4 amide bonds. The van der Waals surface area contributed by atoms with E-state index in [4.69, 9.17) is 34.4 Å². The van der Waals surface area contributed by atoms with E-state index in [-0.39, 0.29) is 65.5 Å². The molecule has 0 aliphatic rings. The monoisotopic (exact) mass is 1000 g/mol. The summed E-state index contributed by atoms with van der Waals surface area (Å²) in [7, 11) is 0. The molecule has 4 aromatic carbocycles. The highest BCUT2D eigenvalue weighted by molar-refractivity contribution is 6.01. The first-order valence-corrected chi connectivity index (χ1v) is 25.4. The lowest BCUT2D eigenvalue weighted by atomic mass is 9.96. The van der Waals surface area contributed by atoms with Crippen LogP contribution in [0.15, 0.2) is 97.1 Å². The number of unbranched alkanes of at least 4 members (excludes halogenated alkanes) is 4. The van der Waals surface area contributed by atoms with Crippen LogP contribution in [0.1, 0.15) is 141 Å². The highest BCUT2D eigenvalue weighted by atomic mass is 16.2. The van der Waals surface area contributed by atoms with E-state index >= 15 is 0 Å². The van der Waals surface area contributed by atoms with Crippen LogP contribution in [0.2, 0.25) is 0 Å². The molecule has 0 aromatic heterocycles. The van der Waals surface area contributed by atoms with Gasteiger partial charge in [-0.3, -0.25) is 38.4 Å². The fourth-order valence-corrected chi connectivity index (χ4v) is 8.42. The molecular weight excluding hydrogens is 927 g/mol. The quantitative estimate of drug-likeness (QED) is 0.0299. The summed E-state index contributed by atoms with van der Waals surface area (Å²) in [5, 5.41) is 8.64. The molecule has 0 unspecified atom stereocenters. The molecule has 0 saturated heterocycles. The lowest BCUT2D eigenvalue weighted by Crippen LogP contribution is -2.42. The number of benzene rings is 4. The summed E-state index contributed by atoms with van der Waals surface area (Å²) in [6.07, 6.45) is 6.51. The molecule has 0 radical (unpaired) electrons. The summed E-state index contributed by atoms with van der Waals surface area (Å²) in [4.78, 5) is 107. The lowest BCUT2D eigenvalue weighted by molar-refractivity contribution is -0.121. The Balaban J connectivity index is 1.43. The summed E-state index contributed by atoms with van der Waals surface area (Å²) in [6.45, 7) is 1.75. The second-order valence-electron chi connectivity index (χ2n) is 18.6. The van der Waals surface area contributed by atoms with Crippen LogP contribution in [0.4, 0.5) is 0 Å². The van der Waals surface area contributed by atoms with Gasteiger partial charge in [0.1, 0.15) is 0 Å². The van der Waals surface area contributed by atoms with Crippen LogP contribution in [0.5, 0.6) is 0 Å². The van der Waals surface area contributed by atoms with Crippen molar-refractivity contribution in [3.05, 3.63) is 142 Å². The Hall–Kier alpha value is -6.76. The number of Topliss-reactive ketones (excluding diaryl/α,β-unsaturated/α-hetero) is 4. The van der Waals surface area contributed by atoms with Gasteiger partial charge in [-0.05, 0) is 168 Å². The fourth-order valence-electron chi connectivity index (χ4n) is 8.42. The second-order valence-corrected chi connectivity index (χ2v) is 18.6. The molecule has 17 heteroatoms. The average molecular weight is 1000 g/mol. The van der Waals surface area contributed by atoms with Crippen molar-refractivity contribution in [2.75, 3.05) is 26.2 Å². The van der Waals surface area contributed by atoms with Crippen molar-refractivity contribution in [2.24, 2.45) is 34.4 Å². The molecule has 4 rings (SSSR count). The SMILES string of the molecule is NCCCC[C@H](NC(=O)c1cccc(CC(=O)[C@H](CCCCN)NC(=O)c2cccc(CC(=O)[C@H](CCCCN)NC(=O)c3cccc(CC(=O)[C@@H](N)CCCCN)c3)c2)c1)C(=O)Cc1cccc(C(N)=O)c1. The summed E-state index contributed by atoms with van der Waals surface area (Å²) >= 11 is 0. The molecule has 0 saturated carbocycles. The number of nitrogens with two attached hydrogens (primary N) is 6. The van der Waals surface area contributed by atoms with E-state index < -0.39 is 47.8 Å². The third-order valence-corrected chi connectivity index (χ3v) is 12.6. The Kier molecular flexibility index (Phi) is 25.5. The molecule has 0 aliphatic heterocycles. The minimum Gasteiger partial charge on any atom is -0.366 e. The molecule has 4 aromatic rings. The van der Waals surface area contributed by atoms with Gasteiger partial charge in [0.05, 0.1) is 24.2 Å². The Morgan fingerprint density at radius 2 is 0.644 bits per heavy atom. The molecule has 17 nitrogen and oxygen atoms in total. The maximum atomic E-state index is 14.0. The number of rotatable bonds is 35. The van der Waals surface area contributed by atoms with Gasteiger partial charge in [0, 0.05) is 47.9 Å². The number of amides is 4. The number of ketones is 4. The van der Waals surface area contributed by atoms with Gasteiger partial charge in [-0.2, -0.15) is 0 Å². The summed E-state index contributed by atoms with van der Waals surface area (Å²) < 4.78 is 0. The number of primary amides is 1. The van der Waals surface area contributed by atoms with Crippen molar-refractivity contribution in [1.29, 1.82) is 0 Å². The highest BCUT2D eigenvalue weighted by Crippen LogP contribution is 2.17. The van der Waals surface area contributed by atoms with Crippen LogP contribution in [-0.2, 0) is 44.9 Å². The van der Waals surface area contributed by atoms with E-state index in [9.17, 15) is 38.4 Å². The van der Waals surface area contributed by atoms with Crippen molar-refractivity contribution < 1.29 is 38.4 Å². The van der Waals surface area contributed by atoms with Crippen LogP contribution in [0, 0.1) is 0 Å². The van der Waals surface area contributed by atoms with Crippen LogP contribution >= 0.6 is 0 Å². The number of carbonyl (C=O) groups excluding carboxylic acids is 8. The zero-order chi connectivity index (χ0) is 53.1. The average Bonchev–Trinajstić information content (AvgIpc) is 3.38. The van der Waals surface area contributed by atoms with Crippen molar-refractivity contribution in [3.8, 4) is 0 Å². The smallest absolute Gasteiger partial charge is 0.251 e. The summed E-state index contributed by atoms with van der Waals surface area (Å²) in [5.74, 6) is -3.08. The first-order chi connectivity index (χ1) is 35.1. The number of hydrogen-bond donors (Lipinski definition) is 9. The predicted molar refractivity (Wildman–Crippen MR) is 282 cm³/mol. The maximum Gasteiger partial charge on any atom is 0.251 e. The van der Waals surface area contributed by atoms with Gasteiger partial charge in [-0.15, -0.1) is 0 Å². The van der Waals surface area contributed by atoms with Crippen LogP contribution in [-0.4, -0.2) is 97.1 Å². The minimum atomic E-state index is -0.906. The van der Waals surface area contributed by atoms with Crippen molar-refractivity contribution in [3.63, 3.8) is 0 Å². The summed E-state index contributed by atoms with van der Waals surface area (Å²) in [5.41, 5.74) is 37.7. The van der Waals surface area contributed by atoms with Gasteiger partial charge < -0.3 is 50.4 Å². The second kappa shape index (κ2) is 31.6. The van der Waals surface area contributed by atoms with Crippen LogP contribution in [0.25, 0.3) is 0 Å². The van der Waals surface area contributed by atoms with E-state index in [0.29, 0.717) is 118 Å². The Labute approximate surface area is 428 Å². The van der Waals surface area contributed by atoms with Gasteiger partial charge >= 0.3 is 0 Å². The van der Waals surface area contributed by atoms with Gasteiger partial charge in [0.2, 0.25) is 5.91 Å². The Bertz CT molecular complexity index is 2500. The molecule has 0 aliphatic carbocycles. The fraction of sp³-hybridized carbons (Fsp3) is 0.429. The van der Waals surface area contributed by atoms with Gasteiger partial charge in [-0.25, -0.2) is 0 Å². The van der Waals surface area contributed by atoms with Gasteiger partial charge in [0.25, 0.3) is 17.7 Å². The number of carbonyl (C=O) groups is 8. The molecule has 4 atom stereocenters. The third kappa shape index (κ3) is 20.3. The first-order valence-electron chi connectivity index (χ1n) is 25.4. The topological polar surface area (TPSA) is 329 Å². The normalized spacial score (nSPS) is 12.7. The van der Waals surface area contributed by atoms with E-state index in [0.717, 1.165) is 12.8 Å². The molecular formula is C56H75N9O8. The Morgan fingerprint density at radius 1 is 0.370 bits per heavy atom. The minimum absolute atomic E-state index is 0.0326. The van der Waals surface area contributed by atoms with E-state index in [1.807, 2.05) is 0 Å². The van der Waals surface area contributed by atoms with E-state index in [1.54, 1.807) is 97.1 Å². The zero-order valence-corrected chi connectivity index (χ0v) is 41.9. The molecule has 15 N–H and O–H groups in total. The summed E-state index contributed by atoms with van der Waals surface area (Å²) in [6, 6.07) is 23.0. The standard InChI is InChI=1S/C56H75N9O8/c57-25-5-1-21-45(61)49(66)33-38-14-10-18-42(30-38)54(71)64-47(23-3-7-27-59)51(68)35-40-16-12-20-44(32-40)56(73)65-48(24-4-8-28-60)52(69)36-39-15-11-19-43(31-39)55(72)63-46(22-2-6-26-58)50(67)34-37-13-9-17-41(29-37)53(62)70/h9-20,29-32,45-48H,1-8,21-28,33-36,57-61H2,(H2,62,70)(H,63,72)(H,64,71)(H,65,73)/t45-,46-,47-,48-/m0/s1. The number of nitrogens with one attached hydrogen (secondary N) is 3. The molecule has 0 fully saturated rings. The largest absolute Gasteiger partial charge is 0.366 e. The lowest BCUT2D eigenvalue weighted by Gasteiger charge is -2.20. The van der Waals surface area contributed by atoms with Crippen LogP contribution in [0.3, 0.4) is 0 Å². The van der Waals surface area contributed by atoms with Crippen molar-refractivity contribution in [1.82, 2.24) is 16.0 Å². The molecule has 0 heterocycles. The van der Waals surface area contributed by atoms with E-state index in [2.05, 4.69) is 16.0 Å². The number of hydrogen-bond acceptors (Lipinski definition) is 13. The maximum absolute atomic E-state index is 14.0. The third-order valence-electron chi connectivity index (χ3n) is 12.6. The van der Waals surface area contributed by atoms with Crippen molar-refractivity contribution in [2.45, 2.75) is 127 Å². The highest BCUT2D eigenvalue weighted by Gasteiger charge is 2.26. The van der Waals surface area contributed by atoms with Gasteiger partial charge in [-0.1, -0.05) is 55.0 Å². The molecule has 392 valence electrons. The zero-order valence-electron chi connectivity index (χ0n) is 41.9. The predicted octanol–water partition coefficient (Wildman–Crippen LogP) is 3.47. The Morgan fingerprint density at radius 3 is 0.945 bits per heavy atom. The van der Waals surface area contributed by atoms with Crippen molar-refractivity contribution >= 4 is 46.8 Å². The van der Waals surface area contributed by atoms with Crippen LogP contribution < -0.4 is 50.4 Å². The molecule has 0 spiro atoms. The molecule has 73 heavy (non-hydrogen) atoms. The first kappa shape index (κ1) is 58.8. The van der Waals surface area contributed by atoms with E-state index in [1.165, 1.54) is 0 Å². The van der Waals surface area contributed by atoms with Gasteiger partial charge in [0.15, 0.2) is 23.1 Å². The molecule has 0 bridgehead atoms.